The summed E-state index contributed by atoms with van der Waals surface area (Å²) in [6.45, 7) is 0. The maximum Gasteiger partial charge on any atom is 0.257 e. The fourth-order valence-electron chi connectivity index (χ4n) is 2.25. The first-order valence-corrected chi connectivity index (χ1v) is 7.05. The van der Waals surface area contributed by atoms with Gasteiger partial charge in [-0.1, -0.05) is 29.8 Å². The fraction of sp³-hybridized carbons (Fsp3) is 0.0588. The van der Waals surface area contributed by atoms with Gasteiger partial charge in [0.25, 0.3) is 5.91 Å². The minimum absolute atomic E-state index is 0.259. The molecule has 0 fully saturated rings. The minimum Gasteiger partial charge on any atom is -0.495 e. The van der Waals surface area contributed by atoms with Crippen molar-refractivity contribution in [3.63, 3.8) is 0 Å². The number of carbonyl (C=O) groups is 1. The van der Waals surface area contributed by atoms with Gasteiger partial charge in [-0.15, -0.1) is 0 Å². The lowest BCUT2D eigenvalue weighted by Crippen LogP contribution is -2.13. The van der Waals surface area contributed by atoms with Gasteiger partial charge in [0, 0.05) is 16.6 Å². The molecule has 3 rings (SSSR count). The number of rotatable bonds is 3. The van der Waals surface area contributed by atoms with E-state index in [-0.39, 0.29) is 5.91 Å². The van der Waals surface area contributed by atoms with Crippen LogP contribution in [0.4, 0.5) is 5.69 Å². The van der Waals surface area contributed by atoms with Crippen molar-refractivity contribution in [1.82, 2.24) is 4.98 Å². The number of benzene rings is 2. The number of methoxy groups -OCH3 is 1. The van der Waals surface area contributed by atoms with Gasteiger partial charge in [-0.05, 0) is 30.3 Å². The number of pyridine rings is 1. The number of carbonyl (C=O) groups excluding carboxylic acids is 1. The Bertz CT molecular complexity index is 844. The Labute approximate surface area is 132 Å². The van der Waals surface area contributed by atoms with Gasteiger partial charge in [-0.3, -0.25) is 9.78 Å². The third-order valence-electron chi connectivity index (χ3n) is 3.29. The van der Waals surface area contributed by atoms with Crippen LogP contribution in [-0.4, -0.2) is 18.0 Å². The van der Waals surface area contributed by atoms with E-state index in [0.29, 0.717) is 27.5 Å². The molecule has 0 aliphatic carbocycles. The smallest absolute Gasteiger partial charge is 0.257 e. The SMILES string of the molecule is COc1ccc(Cl)cc1NC(=O)c1cccc2cccnc12. The first-order chi connectivity index (χ1) is 10.7. The summed E-state index contributed by atoms with van der Waals surface area (Å²) in [5, 5.41) is 4.25. The highest BCUT2D eigenvalue weighted by Gasteiger charge is 2.13. The van der Waals surface area contributed by atoms with Crippen molar-refractivity contribution >= 4 is 34.1 Å². The summed E-state index contributed by atoms with van der Waals surface area (Å²) in [5.74, 6) is 0.288. The van der Waals surface area contributed by atoms with Crippen LogP contribution in [0.2, 0.25) is 5.02 Å². The van der Waals surface area contributed by atoms with Gasteiger partial charge in [0.15, 0.2) is 0 Å². The lowest BCUT2D eigenvalue weighted by atomic mass is 10.1. The summed E-state index contributed by atoms with van der Waals surface area (Å²) in [6, 6.07) is 14.3. The van der Waals surface area contributed by atoms with Gasteiger partial charge >= 0.3 is 0 Å². The zero-order chi connectivity index (χ0) is 15.5. The van der Waals surface area contributed by atoms with E-state index in [9.17, 15) is 4.79 Å². The lowest BCUT2D eigenvalue weighted by molar-refractivity contribution is 0.102. The van der Waals surface area contributed by atoms with Gasteiger partial charge in [0.1, 0.15) is 5.75 Å². The van der Waals surface area contributed by atoms with Crippen molar-refractivity contribution in [1.29, 1.82) is 0 Å². The van der Waals surface area contributed by atoms with Crippen molar-refractivity contribution in [2.45, 2.75) is 0 Å². The van der Waals surface area contributed by atoms with Crippen LogP contribution in [-0.2, 0) is 0 Å². The number of ether oxygens (including phenoxy) is 1. The number of nitrogens with one attached hydrogen (secondary N) is 1. The summed E-state index contributed by atoms with van der Waals surface area (Å²) in [4.78, 5) is 16.8. The second-order valence-electron chi connectivity index (χ2n) is 4.68. The topological polar surface area (TPSA) is 51.2 Å². The van der Waals surface area contributed by atoms with Gasteiger partial charge in [0.2, 0.25) is 0 Å². The Morgan fingerprint density at radius 2 is 2.00 bits per heavy atom. The number of anilines is 1. The van der Waals surface area contributed by atoms with E-state index < -0.39 is 0 Å². The summed E-state index contributed by atoms with van der Waals surface area (Å²) >= 11 is 5.98. The highest BCUT2D eigenvalue weighted by atomic mass is 35.5. The van der Waals surface area contributed by atoms with E-state index >= 15 is 0 Å². The predicted molar refractivity (Wildman–Crippen MR) is 87.7 cm³/mol. The summed E-state index contributed by atoms with van der Waals surface area (Å²) in [5.41, 5.74) is 1.68. The molecular weight excluding hydrogens is 300 g/mol. The largest absolute Gasteiger partial charge is 0.495 e. The van der Waals surface area contributed by atoms with E-state index in [1.165, 1.54) is 0 Å². The first kappa shape index (κ1) is 14.4. The van der Waals surface area contributed by atoms with Crippen LogP contribution in [0.5, 0.6) is 5.75 Å². The number of hydrogen-bond donors (Lipinski definition) is 1. The number of halogens is 1. The van der Waals surface area contributed by atoms with E-state index in [1.54, 1.807) is 37.6 Å². The standard InChI is InChI=1S/C17H13ClN2O2/c1-22-15-8-7-12(18)10-14(15)20-17(21)13-6-2-4-11-5-3-9-19-16(11)13/h2-10H,1H3,(H,20,21). The van der Waals surface area contributed by atoms with Crippen LogP contribution in [0.1, 0.15) is 10.4 Å². The summed E-state index contributed by atoms with van der Waals surface area (Å²) in [7, 11) is 1.54. The Hall–Kier alpha value is -2.59. The monoisotopic (exact) mass is 312 g/mol. The Balaban J connectivity index is 1.99. The highest BCUT2D eigenvalue weighted by Crippen LogP contribution is 2.28. The molecule has 0 saturated heterocycles. The third kappa shape index (κ3) is 2.73. The Morgan fingerprint density at radius 1 is 1.18 bits per heavy atom. The summed E-state index contributed by atoms with van der Waals surface area (Å²) < 4.78 is 5.24. The average molecular weight is 313 g/mol. The molecule has 0 radical (unpaired) electrons. The molecule has 22 heavy (non-hydrogen) atoms. The van der Waals surface area contributed by atoms with E-state index in [0.717, 1.165) is 5.39 Å². The molecule has 110 valence electrons. The van der Waals surface area contributed by atoms with Crippen LogP contribution >= 0.6 is 11.6 Å². The quantitative estimate of drug-likeness (QED) is 0.790. The zero-order valence-electron chi connectivity index (χ0n) is 11.8. The van der Waals surface area contributed by atoms with Crippen LogP contribution < -0.4 is 10.1 Å². The molecule has 4 nitrogen and oxygen atoms in total. The molecule has 0 unspecified atom stereocenters. The predicted octanol–water partition coefficient (Wildman–Crippen LogP) is 4.15. The Kier molecular flexibility index (Phi) is 3.94. The molecule has 1 N–H and O–H groups in total. The van der Waals surface area contributed by atoms with Crippen molar-refractivity contribution in [2.24, 2.45) is 0 Å². The van der Waals surface area contributed by atoms with Crippen molar-refractivity contribution in [3.8, 4) is 5.75 Å². The van der Waals surface area contributed by atoms with Crippen molar-refractivity contribution < 1.29 is 9.53 Å². The number of amides is 1. The van der Waals surface area contributed by atoms with Gasteiger partial charge < -0.3 is 10.1 Å². The third-order valence-corrected chi connectivity index (χ3v) is 3.52. The van der Waals surface area contributed by atoms with Crippen LogP contribution in [0.3, 0.4) is 0 Å². The number of hydrogen-bond acceptors (Lipinski definition) is 3. The van der Waals surface area contributed by atoms with Crippen LogP contribution in [0.25, 0.3) is 10.9 Å². The molecule has 5 heteroatoms. The Morgan fingerprint density at radius 3 is 2.82 bits per heavy atom. The van der Waals surface area contributed by atoms with Gasteiger partial charge in [0.05, 0.1) is 23.9 Å². The maximum atomic E-state index is 12.6. The average Bonchev–Trinajstić information content (AvgIpc) is 2.54. The molecule has 0 atom stereocenters. The molecule has 0 spiro atoms. The van der Waals surface area contributed by atoms with E-state index in [2.05, 4.69) is 10.3 Å². The highest BCUT2D eigenvalue weighted by molar-refractivity contribution is 6.31. The van der Waals surface area contributed by atoms with E-state index in [1.807, 2.05) is 24.3 Å². The zero-order valence-corrected chi connectivity index (χ0v) is 12.6. The molecule has 3 aromatic rings. The molecule has 1 amide bonds. The molecule has 1 aromatic heterocycles. The molecule has 0 aliphatic rings. The van der Waals surface area contributed by atoms with Crippen molar-refractivity contribution in [2.75, 3.05) is 12.4 Å². The second kappa shape index (κ2) is 6.03. The number of para-hydroxylation sites is 1. The molecule has 0 aliphatic heterocycles. The fourth-order valence-corrected chi connectivity index (χ4v) is 2.43. The molecule has 1 heterocycles. The molecular formula is C17H13ClN2O2. The lowest BCUT2D eigenvalue weighted by Gasteiger charge is -2.11. The molecule has 0 bridgehead atoms. The van der Waals surface area contributed by atoms with Gasteiger partial charge in [-0.2, -0.15) is 0 Å². The van der Waals surface area contributed by atoms with Gasteiger partial charge in [-0.25, -0.2) is 0 Å². The maximum absolute atomic E-state index is 12.6. The van der Waals surface area contributed by atoms with Crippen molar-refractivity contribution in [3.05, 3.63) is 65.3 Å². The second-order valence-corrected chi connectivity index (χ2v) is 5.12. The normalized spacial score (nSPS) is 10.5. The number of nitrogens with zero attached hydrogens (tertiary/aromatic N) is 1. The van der Waals surface area contributed by atoms with Crippen LogP contribution in [0, 0.1) is 0 Å². The van der Waals surface area contributed by atoms with Crippen LogP contribution in [0.15, 0.2) is 54.7 Å². The first-order valence-electron chi connectivity index (χ1n) is 6.67. The number of aromatic nitrogens is 1. The van der Waals surface area contributed by atoms with E-state index in [4.69, 9.17) is 16.3 Å². The number of fused-ring (bicyclic) bond motifs is 1. The molecule has 0 saturated carbocycles. The molecule has 2 aromatic carbocycles. The minimum atomic E-state index is -0.259. The summed E-state index contributed by atoms with van der Waals surface area (Å²) in [6.07, 6.45) is 1.67.